The lowest BCUT2D eigenvalue weighted by atomic mass is 10.0. The second-order valence-electron chi connectivity index (χ2n) is 7.27. The zero-order valence-corrected chi connectivity index (χ0v) is 17.8. The van der Waals surface area contributed by atoms with Gasteiger partial charge in [-0.15, -0.1) is 11.3 Å². The number of hydrogen-bond donors (Lipinski definition) is 1. The number of anilines is 1. The number of aromatic nitrogens is 2. The van der Waals surface area contributed by atoms with Crippen LogP contribution < -0.4 is 5.43 Å². The Balaban J connectivity index is 1.36. The minimum absolute atomic E-state index is 0.712. The third-order valence-electron chi connectivity index (χ3n) is 5.22. The molecule has 5 nitrogen and oxygen atoms in total. The topological polar surface area (TPSA) is 53.4 Å². The maximum atomic E-state index is 5.94. The molecule has 4 aromatic rings. The number of benzene rings is 2. The summed E-state index contributed by atoms with van der Waals surface area (Å²) in [5, 5.41) is 6.19. The van der Waals surface area contributed by atoms with Crippen LogP contribution in [-0.4, -0.2) is 27.6 Å². The van der Waals surface area contributed by atoms with Crippen LogP contribution in [0.3, 0.4) is 0 Å². The summed E-state index contributed by atoms with van der Waals surface area (Å²) in [6.07, 6.45) is 4.36. The molecular formula is C23H20ClN5S. The third kappa shape index (κ3) is 4.07. The molecule has 2 aromatic heterocycles. The van der Waals surface area contributed by atoms with Gasteiger partial charge in [-0.2, -0.15) is 5.10 Å². The summed E-state index contributed by atoms with van der Waals surface area (Å²) < 4.78 is 0. The summed E-state index contributed by atoms with van der Waals surface area (Å²) in [5.74, 6) is 0.763. The smallest absolute Gasteiger partial charge is 0.158 e. The van der Waals surface area contributed by atoms with Gasteiger partial charge in [0.25, 0.3) is 0 Å². The molecule has 0 saturated carbocycles. The van der Waals surface area contributed by atoms with E-state index in [1.54, 1.807) is 23.9 Å². The standard InChI is InChI=1S/C23H20ClN5S/c24-18-8-6-16(7-9-18)12-27-28-22-21-19-10-11-29(13-17-4-2-1-3-5-17)14-20(19)30-23(21)26-15-25-22/h1-9,12,15H,10-11,13-14H2,(H,25,26,28)/b27-12+. The Morgan fingerprint density at radius 1 is 1.10 bits per heavy atom. The molecule has 1 aliphatic rings. The molecule has 0 radical (unpaired) electrons. The van der Waals surface area contributed by atoms with Gasteiger partial charge in [-0.3, -0.25) is 10.3 Å². The molecule has 5 rings (SSSR count). The highest BCUT2D eigenvalue weighted by molar-refractivity contribution is 7.19. The first-order valence-corrected chi connectivity index (χ1v) is 11.0. The number of hydrazone groups is 1. The molecular weight excluding hydrogens is 414 g/mol. The maximum absolute atomic E-state index is 5.94. The Hall–Kier alpha value is -2.80. The number of hydrogen-bond acceptors (Lipinski definition) is 6. The van der Waals surface area contributed by atoms with Crippen LogP contribution in [0.2, 0.25) is 5.02 Å². The molecule has 150 valence electrons. The van der Waals surface area contributed by atoms with E-state index in [1.807, 2.05) is 24.3 Å². The second kappa shape index (κ2) is 8.52. The third-order valence-corrected chi connectivity index (χ3v) is 6.60. The lowest BCUT2D eigenvalue weighted by Gasteiger charge is -2.26. The number of halogens is 1. The fraction of sp³-hybridized carbons (Fsp3) is 0.174. The minimum Gasteiger partial charge on any atom is -0.294 e. The Morgan fingerprint density at radius 3 is 2.77 bits per heavy atom. The van der Waals surface area contributed by atoms with Crippen molar-refractivity contribution in [3.63, 3.8) is 0 Å². The van der Waals surface area contributed by atoms with Gasteiger partial charge in [0.15, 0.2) is 5.82 Å². The quantitative estimate of drug-likeness (QED) is 0.340. The van der Waals surface area contributed by atoms with Crippen LogP contribution in [-0.2, 0) is 19.5 Å². The number of nitrogens with one attached hydrogen (secondary N) is 1. The monoisotopic (exact) mass is 433 g/mol. The number of rotatable bonds is 5. The molecule has 1 aliphatic heterocycles. The van der Waals surface area contributed by atoms with E-state index < -0.39 is 0 Å². The molecule has 0 amide bonds. The Bertz CT molecular complexity index is 1190. The van der Waals surface area contributed by atoms with Crippen molar-refractivity contribution in [1.29, 1.82) is 0 Å². The summed E-state index contributed by atoms with van der Waals surface area (Å²) in [5.41, 5.74) is 6.79. The van der Waals surface area contributed by atoms with Gasteiger partial charge in [-0.25, -0.2) is 9.97 Å². The van der Waals surface area contributed by atoms with Gasteiger partial charge in [-0.05, 0) is 35.2 Å². The van der Waals surface area contributed by atoms with Gasteiger partial charge >= 0.3 is 0 Å². The Kier molecular flexibility index (Phi) is 5.45. The fourth-order valence-corrected chi connectivity index (χ4v) is 5.11. The summed E-state index contributed by atoms with van der Waals surface area (Å²) in [7, 11) is 0. The predicted octanol–water partition coefficient (Wildman–Crippen LogP) is 5.35. The van der Waals surface area contributed by atoms with Crippen molar-refractivity contribution in [2.75, 3.05) is 12.0 Å². The van der Waals surface area contributed by atoms with Crippen LogP contribution in [0.25, 0.3) is 10.2 Å². The van der Waals surface area contributed by atoms with Gasteiger partial charge < -0.3 is 0 Å². The summed E-state index contributed by atoms with van der Waals surface area (Å²) in [4.78, 5) is 13.8. The lowest BCUT2D eigenvalue weighted by molar-refractivity contribution is 0.249. The number of thiophene rings is 1. The first kappa shape index (κ1) is 19.2. The van der Waals surface area contributed by atoms with Crippen LogP contribution in [0.4, 0.5) is 5.82 Å². The summed E-state index contributed by atoms with van der Waals surface area (Å²) in [6, 6.07) is 18.2. The lowest BCUT2D eigenvalue weighted by Crippen LogP contribution is -2.29. The van der Waals surface area contributed by atoms with Crippen molar-refractivity contribution in [3.8, 4) is 0 Å². The summed E-state index contributed by atoms with van der Waals surface area (Å²) in [6.45, 7) is 2.94. The van der Waals surface area contributed by atoms with Crippen LogP contribution in [0.5, 0.6) is 0 Å². The molecule has 7 heteroatoms. The first-order valence-electron chi connectivity index (χ1n) is 9.82. The highest BCUT2D eigenvalue weighted by atomic mass is 35.5. The number of fused-ring (bicyclic) bond motifs is 3. The Morgan fingerprint density at radius 2 is 1.93 bits per heavy atom. The normalized spacial score (nSPS) is 14.3. The van der Waals surface area contributed by atoms with Gasteiger partial charge in [0, 0.05) is 29.5 Å². The van der Waals surface area contributed by atoms with E-state index in [-0.39, 0.29) is 0 Å². The van der Waals surface area contributed by atoms with Crippen LogP contribution in [0.1, 0.15) is 21.6 Å². The van der Waals surface area contributed by atoms with Crippen molar-refractivity contribution in [3.05, 3.63) is 87.5 Å². The van der Waals surface area contributed by atoms with Crippen LogP contribution in [0, 0.1) is 0 Å². The molecule has 0 bridgehead atoms. The zero-order chi connectivity index (χ0) is 20.3. The molecule has 0 unspecified atom stereocenters. The van der Waals surface area contributed by atoms with Gasteiger partial charge in [0.2, 0.25) is 0 Å². The highest BCUT2D eigenvalue weighted by Gasteiger charge is 2.23. The molecule has 3 heterocycles. The predicted molar refractivity (Wildman–Crippen MR) is 124 cm³/mol. The average molecular weight is 434 g/mol. The van der Waals surface area contributed by atoms with Gasteiger partial charge in [0.1, 0.15) is 11.2 Å². The highest BCUT2D eigenvalue weighted by Crippen LogP contribution is 2.37. The fourth-order valence-electron chi connectivity index (χ4n) is 3.76. The molecule has 2 aromatic carbocycles. The van der Waals surface area contributed by atoms with Crippen LogP contribution in [0.15, 0.2) is 66.0 Å². The van der Waals surface area contributed by atoms with Crippen molar-refractivity contribution < 1.29 is 0 Å². The first-order chi connectivity index (χ1) is 14.8. The Labute approximate surface area is 184 Å². The van der Waals surface area contributed by atoms with E-state index in [0.29, 0.717) is 5.02 Å². The molecule has 0 spiro atoms. The van der Waals surface area contributed by atoms with Crippen molar-refractivity contribution in [1.82, 2.24) is 14.9 Å². The molecule has 0 fully saturated rings. The molecule has 0 saturated heterocycles. The average Bonchev–Trinajstić information content (AvgIpc) is 3.14. The zero-order valence-electron chi connectivity index (χ0n) is 16.3. The SMILES string of the molecule is Clc1ccc(/C=N/Nc2ncnc3sc4c(c23)CCN(Cc2ccccc2)C4)cc1. The van der Waals surface area contributed by atoms with Crippen molar-refractivity contribution in [2.45, 2.75) is 19.5 Å². The van der Waals surface area contributed by atoms with Crippen molar-refractivity contribution >= 4 is 45.2 Å². The van der Waals surface area contributed by atoms with E-state index in [4.69, 9.17) is 11.6 Å². The number of nitrogens with zero attached hydrogens (tertiary/aromatic N) is 4. The van der Waals surface area contributed by atoms with E-state index in [0.717, 1.165) is 47.7 Å². The van der Waals surface area contributed by atoms with E-state index in [9.17, 15) is 0 Å². The van der Waals surface area contributed by atoms with Gasteiger partial charge in [0.05, 0.1) is 11.6 Å². The molecule has 0 atom stereocenters. The van der Waals surface area contributed by atoms with Crippen molar-refractivity contribution in [2.24, 2.45) is 5.10 Å². The van der Waals surface area contributed by atoms with E-state index in [1.165, 1.54) is 16.0 Å². The molecule has 1 N–H and O–H groups in total. The molecule has 0 aliphatic carbocycles. The largest absolute Gasteiger partial charge is 0.294 e. The maximum Gasteiger partial charge on any atom is 0.158 e. The minimum atomic E-state index is 0.712. The van der Waals surface area contributed by atoms with E-state index in [2.05, 4.69) is 55.7 Å². The summed E-state index contributed by atoms with van der Waals surface area (Å²) >= 11 is 7.70. The van der Waals surface area contributed by atoms with Gasteiger partial charge in [-0.1, -0.05) is 54.1 Å². The molecule has 30 heavy (non-hydrogen) atoms. The second-order valence-corrected chi connectivity index (χ2v) is 8.79. The van der Waals surface area contributed by atoms with E-state index >= 15 is 0 Å². The van der Waals surface area contributed by atoms with Crippen LogP contribution >= 0.6 is 22.9 Å².